The van der Waals surface area contributed by atoms with Gasteiger partial charge >= 0.3 is 0 Å². The fourth-order valence-corrected chi connectivity index (χ4v) is 1.03. The van der Waals surface area contributed by atoms with E-state index in [2.05, 4.69) is 17.1 Å². The quantitative estimate of drug-likeness (QED) is 0.668. The standard InChI is InChI=1S/C6H14N2.C3H7Cl/c1-2-8-5-3-7-4-6-8;1-2-3-4/h7H,2-6H2,1H3;2-3H2,1H3. The van der Waals surface area contributed by atoms with E-state index in [-0.39, 0.29) is 0 Å². The van der Waals surface area contributed by atoms with Crippen LogP contribution in [0.5, 0.6) is 0 Å². The Hall–Kier alpha value is 0.210. The van der Waals surface area contributed by atoms with Crippen molar-refractivity contribution < 1.29 is 0 Å². The first-order valence-electron chi connectivity index (χ1n) is 4.84. The van der Waals surface area contributed by atoms with Crippen LogP contribution in [0.4, 0.5) is 0 Å². The summed E-state index contributed by atoms with van der Waals surface area (Å²) in [4.78, 5) is 2.45. The molecule has 0 unspecified atom stereocenters. The largest absolute Gasteiger partial charge is 0.314 e. The van der Waals surface area contributed by atoms with Crippen molar-refractivity contribution in [3.63, 3.8) is 0 Å². The van der Waals surface area contributed by atoms with Gasteiger partial charge in [-0.2, -0.15) is 0 Å². The SMILES string of the molecule is CCCCl.CCN1CCNCC1. The number of piperazine rings is 1. The smallest absolute Gasteiger partial charge is 0.0220 e. The maximum absolute atomic E-state index is 5.19. The van der Waals surface area contributed by atoms with Gasteiger partial charge in [0.2, 0.25) is 0 Å². The average molecular weight is 193 g/mol. The minimum Gasteiger partial charge on any atom is -0.314 e. The molecule has 3 heteroatoms. The molecule has 1 saturated heterocycles. The molecule has 0 saturated carbocycles. The molecule has 0 radical (unpaired) electrons. The van der Waals surface area contributed by atoms with Crippen LogP contribution in [-0.4, -0.2) is 43.5 Å². The minimum atomic E-state index is 0.792. The van der Waals surface area contributed by atoms with Gasteiger partial charge in [-0.15, -0.1) is 11.6 Å². The fraction of sp³-hybridized carbons (Fsp3) is 1.00. The van der Waals surface area contributed by atoms with Crippen molar-refractivity contribution in [3.8, 4) is 0 Å². The lowest BCUT2D eigenvalue weighted by Crippen LogP contribution is -2.43. The predicted octanol–water partition coefficient (Wildman–Crippen LogP) is 1.55. The number of alkyl halides is 1. The average Bonchev–Trinajstić information content (AvgIpc) is 2.19. The molecule has 74 valence electrons. The van der Waals surface area contributed by atoms with Crippen LogP contribution in [0.1, 0.15) is 20.3 Å². The van der Waals surface area contributed by atoms with E-state index in [4.69, 9.17) is 11.6 Å². The third kappa shape index (κ3) is 6.89. The van der Waals surface area contributed by atoms with Crippen LogP contribution in [0.3, 0.4) is 0 Å². The van der Waals surface area contributed by atoms with Crippen molar-refractivity contribution in [3.05, 3.63) is 0 Å². The molecule has 0 spiro atoms. The molecule has 0 aromatic rings. The maximum atomic E-state index is 5.19. The highest BCUT2D eigenvalue weighted by Crippen LogP contribution is 1.88. The predicted molar refractivity (Wildman–Crippen MR) is 56.0 cm³/mol. The lowest BCUT2D eigenvalue weighted by molar-refractivity contribution is 0.253. The van der Waals surface area contributed by atoms with E-state index < -0.39 is 0 Å². The van der Waals surface area contributed by atoms with Gasteiger partial charge in [-0.05, 0) is 13.0 Å². The number of likely N-dealkylation sites (N-methyl/N-ethyl adjacent to an activating group) is 1. The first-order chi connectivity index (χ1) is 5.85. The lowest BCUT2D eigenvalue weighted by atomic mass is 10.4. The van der Waals surface area contributed by atoms with Crippen molar-refractivity contribution in [1.29, 1.82) is 0 Å². The van der Waals surface area contributed by atoms with Crippen LogP contribution in [0.25, 0.3) is 0 Å². The minimum absolute atomic E-state index is 0.792. The Kier molecular flexibility index (Phi) is 9.46. The van der Waals surface area contributed by atoms with E-state index in [0.717, 1.165) is 12.3 Å². The van der Waals surface area contributed by atoms with Crippen LogP contribution in [0, 0.1) is 0 Å². The zero-order valence-electron chi connectivity index (χ0n) is 8.27. The summed E-state index contributed by atoms with van der Waals surface area (Å²) in [6.07, 6.45) is 1.08. The van der Waals surface area contributed by atoms with Gasteiger partial charge in [0.25, 0.3) is 0 Å². The van der Waals surface area contributed by atoms with Crippen LogP contribution >= 0.6 is 11.6 Å². The number of hydrogen-bond acceptors (Lipinski definition) is 2. The van der Waals surface area contributed by atoms with E-state index in [0.29, 0.717) is 0 Å². The molecule has 1 heterocycles. The highest BCUT2D eigenvalue weighted by molar-refractivity contribution is 6.17. The van der Waals surface area contributed by atoms with Gasteiger partial charge in [0.05, 0.1) is 0 Å². The molecular formula is C9H21ClN2. The molecule has 1 rings (SSSR count). The Labute approximate surface area is 81.3 Å². The highest BCUT2D eigenvalue weighted by Gasteiger charge is 2.04. The van der Waals surface area contributed by atoms with Crippen molar-refractivity contribution in [1.82, 2.24) is 10.2 Å². The zero-order chi connectivity index (χ0) is 9.23. The molecular weight excluding hydrogens is 172 g/mol. The Bertz CT molecular complexity index is 80.6. The van der Waals surface area contributed by atoms with Crippen molar-refractivity contribution >= 4 is 11.6 Å². The molecule has 0 aromatic carbocycles. The number of hydrogen-bond donors (Lipinski definition) is 1. The second-order valence-corrected chi connectivity index (χ2v) is 3.25. The van der Waals surface area contributed by atoms with Gasteiger partial charge in [0.1, 0.15) is 0 Å². The molecule has 12 heavy (non-hydrogen) atoms. The summed E-state index contributed by atoms with van der Waals surface area (Å²) < 4.78 is 0. The van der Waals surface area contributed by atoms with Gasteiger partial charge in [0, 0.05) is 32.1 Å². The number of halogens is 1. The third-order valence-electron chi connectivity index (χ3n) is 1.85. The normalized spacial score (nSPS) is 18.2. The van der Waals surface area contributed by atoms with Crippen LogP contribution in [-0.2, 0) is 0 Å². The van der Waals surface area contributed by atoms with E-state index in [1.54, 1.807) is 0 Å². The van der Waals surface area contributed by atoms with Gasteiger partial charge < -0.3 is 10.2 Å². The summed E-state index contributed by atoms with van der Waals surface area (Å²) >= 11 is 5.19. The highest BCUT2D eigenvalue weighted by atomic mass is 35.5. The van der Waals surface area contributed by atoms with Crippen molar-refractivity contribution in [2.24, 2.45) is 0 Å². The number of nitrogens with one attached hydrogen (secondary N) is 1. The third-order valence-corrected chi connectivity index (χ3v) is 2.22. The van der Waals surface area contributed by atoms with Gasteiger partial charge in [-0.25, -0.2) is 0 Å². The maximum Gasteiger partial charge on any atom is 0.0220 e. The molecule has 2 nitrogen and oxygen atoms in total. The molecule has 1 aliphatic rings. The molecule has 0 aliphatic carbocycles. The summed E-state index contributed by atoms with van der Waals surface area (Å²) in [5.41, 5.74) is 0. The summed E-state index contributed by atoms with van der Waals surface area (Å²) in [7, 11) is 0. The lowest BCUT2D eigenvalue weighted by Gasteiger charge is -2.25. The topological polar surface area (TPSA) is 15.3 Å². The second-order valence-electron chi connectivity index (χ2n) is 2.87. The van der Waals surface area contributed by atoms with Gasteiger partial charge in [-0.1, -0.05) is 13.8 Å². The fourth-order valence-electron chi connectivity index (χ4n) is 1.03. The van der Waals surface area contributed by atoms with Gasteiger partial charge in [0.15, 0.2) is 0 Å². The first kappa shape index (κ1) is 12.2. The van der Waals surface area contributed by atoms with E-state index >= 15 is 0 Å². The van der Waals surface area contributed by atoms with Crippen LogP contribution < -0.4 is 5.32 Å². The Balaban J connectivity index is 0.000000261. The van der Waals surface area contributed by atoms with E-state index in [1.165, 1.54) is 32.7 Å². The van der Waals surface area contributed by atoms with Crippen LogP contribution in [0.15, 0.2) is 0 Å². The summed E-state index contributed by atoms with van der Waals surface area (Å²) in [6, 6.07) is 0. The van der Waals surface area contributed by atoms with E-state index in [9.17, 15) is 0 Å². The molecule has 0 amide bonds. The summed E-state index contributed by atoms with van der Waals surface area (Å²) in [5, 5.41) is 3.31. The molecule has 0 atom stereocenters. The molecule has 0 bridgehead atoms. The summed E-state index contributed by atoms with van der Waals surface area (Å²) in [5.74, 6) is 0.792. The van der Waals surface area contributed by atoms with Crippen LogP contribution in [0.2, 0.25) is 0 Å². The summed E-state index contributed by atoms with van der Waals surface area (Å²) in [6.45, 7) is 10.3. The van der Waals surface area contributed by atoms with Crippen molar-refractivity contribution in [2.45, 2.75) is 20.3 Å². The van der Waals surface area contributed by atoms with Gasteiger partial charge in [-0.3, -0.25) is 0 Å². The Morgan fingerprint density at radius 1 is 1.25 bits per heavy atom. The molecule has 1 aliphatic heterocycles. The first-order valence-corrected chi connectivity index (χ1v) is 5.37. The Morgan fingerprint density at radius 3 is 2.00 bits per heavy atom. The molecule has 0 aromatic heterocycles. The molecule has 1 fully saturated rings. The van der Waals surface area contributed by atoms with Crippen molar-refractivity contribution in [2.75, 3.05) is 38.6 Å². The Morgan fingerprint density at radius 2 is 1.75 bits per heavy atom. The van der Waals surface area contributed by atoms with E-state index in [1.807, 2.05) is 6.92 Å². The monoisotopic (exact) mass is 192 g/mol. The number of rotatable bonds is 2. The number of nitrogens with zero attached hydrogens (tertiary/aromatic N) is 1. The zero-order valence-corrected chi connectivity index (χ0v) is 9.03. The second kappa shape index (κ2) is 9.30. The molecule has 1 N–H and O–H groups in total.